The Morgan fingerprint density at radius 1 is 1.42 bits per heavy atom. The standard InChI is InChI=1S/C10H22NS/c1-7-11(6,8-12)10(4,5)9(2)3/h8-9H,7H2,1-6H3/q+1. The Balaban J connectivity index is 4.83. The second kappa shape index (κ2) is 3.84. The number of hydrogen-bond donors (Lipinski definition) is 0. The molecule has 1 atom stereocenters. The van der Waals surface area contributed by atoms with Crippen LogP contribution in [0.4, 0.5) is 0 Å². The minimum Gasteiger partial charge on any atom is -0.286 e. The van der Waals surface area contributed by atoms with Crippen LogP contribution < -0.4 is 0 Å². The zero-order valence-corrected chi connectivity index (χ0v) is 10.0. The zero-order valence-electron chi connectivity index (χ0n) is 9.22. The molecule has 1 unspecified atom stereocenters. The minimum atomic E-state index is 0.233. The quantitative estimate of drug-likeness (QED) is 0.483. The van der Waals surface area contributed by atoms with Gasteiger partial charge in [-0.05, 0) is 33.0 Å². The van der Waals surface area contributed by atoms with Gasteiger partial charge in [0, 0.05) is 5.92 Å². The first-order valence-corrected chi connectivity index (χ1v) is 5.10. The third-order valence-electron chi connectivity index (χ3n) is 3.62. The van der Waals surface area contributed by atoms with Crippen molar-refractivity contribution >= 4 is 17.7 Å². The van der Waals surface area contributed by atoms with E-state index in [0.29, 0.717) is 5.92 Å². The van der Waals surface area contributed by atoms with Crippen molar-refractivity contribution in [2.45, 2.75) is 40.2 Å². The number of thiocarbonyl (C=S) groups is 1. The molecule has 1 nitrogen and oxygen atoms in total. The summed E-state index contributed by atoms with van der Waals surface area (Å²) in [6.07, 6.45) is 0. The summed E-state index contributed by atoms with van der Waals surface area (Å²) in [4.78, 5) is 0. The molecule has 0 aliphatic heterocycles. The number of nitrogens with zero attached hydrogens (tertiary/aromatic N) is 1. The van der Waals surface area contributed by atoms with E-state index < -0.39 is 0 Å². The maximum atomic E-state index is 5.10. The van der Waals surface area contributed by atoms with Crippen LogP contribution in [0.3, 0.4) is 0 Å². The maximum absolute atomic E-state index is 5.10. The highest BCUT2D eigenvalue weighted by molar-refractivity contribution is 7.78. The molecule has 0 aliphatic carbocycles. The smallest absolute Gasteiger partial charge is 0.161 e. The van der Waals surface area contributed by atoms with E-state index in [1.165, 1.54) is 0 Å². The van der Waals surface area contributed by atoms with E-state index in [-0.39, 0.29) is 5.54 Å². The number of rotatable bonds is 4. The highest BCUT2D eigenvalue weighted by Crippen LogP contribution is 2.28. The van der Waals surface area contributed by atoms with Crippen molar-refractivity contribution in [2.75, 3.05) is 13.6 Å². The van der Waals surface area contributed by atoms with E-state index in [1.807, 2.05) is 5.49 Å². The normalized spacial score (nSPS) is 17.6. The highest BCUT2D eigenvalue weighted by Gasteiger charge is 2.40. The van der Waals surface area contributed by atoms with Crippen LogP contribution in [0.25, 0.3) is 0 Å². The summed E-state index contributed by atoms with van der Waals surface area (Å²) < 4.78 is 0.861. The van der Waals surface area contributed by atoms with Gasteiger partial charge >= 0.3 is 0 Å². The van der Waals surface area contributed by atoms with E-state index >= 15 is 0 Å². The fraction of sp³-hybridized carbons (Fsp3) is 0.900. The molecule has 0 aromatic rings. The maximum Gasteiger partial charge on any atom is 0.161 e. The molecule has 0 spiro atoms. The van der Waals surface area contributed by atoms with Gasteiger partial charge in [-0.15, -0.1) is 0 Å². The van der Waals surface area contributed by atoms with E-state index in [0.717, 1.165) is 11.0 Å². The monoisotopic (exact) mass is 188 g/mol. The molecule has 72 valence electrons. The van der Waals surface area contributed by atoms with Gasteiger partial charge in [-0.25, -0.2) is 0 Å². The van der Waals surface area contributed by atoms with Gasteiger partial charge in [-0.3, -0.25) is 4.48 Å². The Morgan fingerprint density at radius 3 is 1.92 bits per heavy atom. The molecule has 2 heteroatoms. The van der Waals surface area contributed by atoms with E-state index in [4.69, 9.17) is 12.2 Å². The lowest BCUT2D eigenvalue weighted by Crippen LogP contribution is -2.60. The highest BCUT2D eigenvalue weighted by atomic mass is 32.1. The van der Waals surface area contributed by atoms with Gasteiger partial charge in [0.1, 0.15) is 5.54 Å². The van der Waals surface area contributed by atoms with Gasteiger partial charge in [-0.2, -0.15) is 0 Å². The summed E-state index contributed by atoms with van der Waals surface area (Å²) >= 11 is 5.10. The third kappa shape index (κ3) is 1.86. The number of quaternary nitrogens is 1. The largest absolute Gasteiger partial charge is 0.286 e. The molecular weight excluding hydrogens is 166 g/mol. The summed E-state index contributed by atoms with van der Waals surface area (Å²) in [7, 11) is 2.20. The summed E-state index contributed by atoms with van der Waals surface area (Å²) in [5.41, 5.74) is 2.12. The summed E-state index contributed by atoms with van der Waals surface area (Å²) in [5, 5.41) is 0. The molecule has 12 heavy (non-hydrogen) atoms. The molecule has 0 aliphatic rings. The first-order chi connectivity index (χ1) is 5.31. The molecule has 0 rings (SSSR count). The first-order valence-electron chi connectivity index (χ1n) is 4.63. The predicted octanol–water partition coefficient (Wildman–Crippen LogP) is 2.84. The molecule has 0 N–H and O–H groups in total. The van der Waals surface area contributed by atoms with E-state index in [2.05, 4.69) is 41.7 Å². The lowest BCUT2D eigenvalue weighted by Gasteiger charge is -2.45. The summed E-state index contributed by atoms with van der Waals surface area (Å²) in [6.45, 7) is 12.3. The molecule has 0 fully saturated rings. The van der Waals surface area contributed by atoms with Crippen LogP contribution in [0.5, 0.6) is 0 Å². The average Bonchev–Trinajstić information content (AvgIpc) is 2.02. The molecule has 0 aromatic heterocycles. The van der Waals surface area contributed by atoms with Gasteiger partial charge in [0.15, 0.2) is 5.49 Å². The second-order valence-corrected chi connectivity index (χ2v) is 4.71. The molecule has 0 saturated carbocycles. The molecule has 0 amide bonds. The lowest BCUT2D eigenvalue weighted by atomic mass is 9.87. The van der Waals surface area contributed by atoms with Gasteiger partial charge in [0.2, 0.25) is 0 Å². The summed E-state index contributed by atoms with van der Waals surface area (Å²) in [5.74, 6) is 0.640. The van der Waals surface area contributed by atoms with Crippen LogP contribution in [0.15, 0.2) is 0 Å². The van der Waals surface area contributed by atoms with Crippen LogP contribution >= 0.6 is 12.2 Å². The van der Waals surface area contributed by atoms with Crippen molar-refractivity contribution in [3.8, 4) is 0 Å². The van der Waals surface area contributed by atoms with Crippen molar-refractivity contribution in [2.24, 2.45) is 5.92 Å². The zero-order chi connectivity index (χ0) is 9.99. The Labute approximate surface area is 82.4 Å². The van der Waals surface area contributed by atoms with Gasteiger partial charge in [0.25, 0.3) is 0 Å². The van der Waals surface area contributed by atoms with Crippen LogP contribution in [0, 0.1) is 5.92 Å². The van der Waals surface area contributed by atoms with Crippen LogP contribution in [0.2, 0.25) is 0 Å². The van der Waals surface area contributed by atoms with Crippen LogP contribution in [-0.4, -0.2) is 29.1 Å². The Kier molecular flexibility index (Phi) is 3.86. The molecule has 0 aromatic carbocycles. The van der Waals surface area contributed by atoms with E-state index in [1.54, 1.807) is 0 Å². The lowest BCUT2D eigenvalue weighted by molar-refractivity contribution is -0.867. The van der Waals surface area contributed by atoms with Crippen LogP contribution in [-0.2, 0) is 0 Å². The van der Waals surface area contributed by atoms with Crippen molar-refractivity contribution in [1.29, 1.82) is 0 Å². The number of hydrogen-bond acceptors (Lipinski definition) is 1. The van der Waals surface area contributed by atoms with Gasteiger partial charge in [-0.1, -0.05) is 13.8 Å². The molecular formula is C10H22NS+. The van der Waals surface area contributed by atoms with Crippen molar-refractivity contribution < 1.29 is 4.48 Å². The van der Waals surface area contributed by atoms with E-state index in [9.17, 15) is 0 Å². The van der Waals surface area contributed by atoms with Crippen molar-refractivity contribution in [3.63, 3.8) is 0 Å². The predicted molar refractivity (Wildman–Crippen MR) is 59.3 cm³/mol. The first kappa shape index (κ1) is 12.0. The fourth-order valence-corrected chi connectivity index (χ4v) is 1.63. The topological polar surface area (TPSA) is 0 Å². The van der Waals surface area contributed by atoms with Gasteiger partial charge in [0.05, 0.1) is 13.6 Å². The van der Waals surface area contributed by atoms with Crippen molar-refractivity contribution in [3.05, 3.63) is 0 Å². The Bertz CT molecular complexity index is 163. The SMILES string of the molecule is CC[N+](C)(C=S)C(C)(C)C(C)C. The molecule has 0 heterocycles. The third-order valence-corrected chi connectivity index (χ3v) is 4.08. The average molecular weight is 188 g/mol. The Morgan fingerprint density at radius 2 is 1.83 bits per heavy atom. The molecule has 0 bridgehead atoms. The second-order valence-electron chi connectivity index (χ2n) is 4.50. The fourth-order valence-electron chi connectivity index (χ4n) is 1.21. The molecule has 0 saturated heterocycles. The summed E-state index contributed by atoms with van der Waals surface area (Å²) in [6, 6.07) is 0. The Hall–Kier alpha value is 0.0500. The minimum absolute atomic E-state index is 0.233. The van der Waals surface area contributed by atoms with Crippen LogP contribution in [0.1, 0.15) is 34.6 Å². The molecule has 0 radical (unpaired) electrons. The van der Waals surface area contributed by atoms with Gasteiger partial charge < -0.3 is 0 Å². The van der Waals surface area contributed by atoms with Crippen molar-refractivity contribution in [1.82, 2.24) is 0 Å².